The van der Waals surface area contributed by atoms with E-state index in [1.165, 1.54) is 12.8 Å². The van der Waals surface area contributed by atoms with E-state index in [4.69, 9.17) is 0 Å². The van der Waals surface area contributed by atoms with Crippen LogP contribution in [0.3, 0.4) is 0 Å². The molecule has 1 aromatic heterocycles. The van der Waals surface area contributed by atoms with Gasteiger partial charge in [-0.1, -0.05) is 6.92 Å². The van der Waals surface area contributed by atoms with Crippen LogP contribution in [-0.4, -0.2) is 16.6 Å². The topological polar surface area (TPSA) is 54.4 Å². The average Bonchev–Trinajstić information content (AvgIpc) is 2.72. The smallest absolute Gasteiger partial charge is 0.246 e. The molecule has 0 unspecified atom stereocenters. The summed E-state index contributed by atoms with van der Waals surface area (Å²) in [5, 5.41) is 7.14. The highest BCUT2D eigenvalue weighted by Crippen LogP contribution is 2.20. The van der Waals surface area contributed by atoms with Crippen LogP contribution in [0.4, 0.5) is 0 Å². The van der Waals surface area contributed by atoms with Crippen LogP contribution in [0.5, 0.6) is 0 Å². The molecule has 1 aromatic rings. The highest BCUT2D eigenvalue weighted by atomic mass is 32.1. The van der Waals surface area contributed by atoms with Gasteiger partial charge in [0.25, 0.3) is 0 Å². The van der Waals surface area contributed by atoms with Crippen LogP contribution < -0.4 is 5.43 Å². The highest BCUT2D eigenvalue weighted by Gasteiger charge is 2.14. The van der Waals surface area contributed by atoms with Gasteiger partial charge >= 0.3 is 0 Å². The van der Waals surface area contributed by atoms with Crippen molar-refractivity contribution in [1.82, 2.24) is 10.4 Å². The molecule has 5 heteroatoms. The van der Waals surface area contributed by atoms with E-state index in [2.05, 4.69) is 22.4 Å². The van der Waals surface area contributed by atoms with Gasteiger partial charge in [0.15, 0.2) is 0 Å². The molecule has 1 aliphatic carbocycles. The van der Waals surface area contributed by atoms with Gasteiger partial charge in [-0.05, 0) is 38.5 Å². The average molecular weight is 265 g/mol. The van der Waals surface area contributed by atoms with Crippen molar-refractivity contribution in [3.8, 4) is 0 Å². The first-order chi connectivity index (χ1) is 8.63. The van der Waals surface area contributed by atoms with Gasteiger partial charge in [0.1, 0.15) is 0 Å². The quantitative estimate of drug-likeness (QED) is 0.854. The first-order valence-corrected chi connectivity index (χ1v) is 7.26. The Bertz CT molecular complexity index is 453. The number of aryl methyl sites for hydroxylation is 1. The van der Waals surface area contributed by atoms with E-state index in [0.29, 0.717) is 12.3 Å². The summed E-state index contributed by atoms with van der Waals surface area (Å²) >= 11 is 1.57. The van der Waals surface area contributed by atoms with Gasteiger partial charge in [0.2, 0.25) is 5.91 Å². The zero-order valence-corrected chi connectivity index (χ0v) is 11.7. The first kappa shape index (κ1) is 13.2. The van der Waals surface area contributed by atoms with Crippen molar-refractivity contribution in [2.75, 3.05) is 0 Å². The summed E-state index contributed by atoms with van der Waals surface area (Å²) in [6.45, 7) is 4.17. The van der Waals surface area contributed by atoms with Crippen LogP contribution >= 0.6 is 11.3 Å². The van der Waals surface area contributed by atoms with Crippen molar-refractivity contribution < 1.29 is 4.79 Å². The Labute approximate surface area is 112 Å². The molecule has 0 radical (unpaired) electrons. The van der Waals surface area contributed by atoms with E-state index in [9.17, 15) is 4.79 Å². The van der Waals surface area contributed by atoms with Gasteiger partial charge in [0.05, 0.1) is 17.1 Å². The number of carbonyl (C=O) groups excluding carboxylic acids is 1. The maximum absolute atomic E-state index is 11.7. The number of nitrogens with one attached hydrogen (secondary N) is 1. The van der Waals surface area contributed by atoms with Crippen LogP contribution in [0.1, 0.15) is 43.3 Å². The first-order valence-electron chi connectivity index (χ1n) is 6.39. The monoisotopic (exact) mass is 265 g/mol. The molecule has 0 aliphatic heterocycles. The van der Waals surface area contributed by atoms with Crippen molar-refractivity contribution >= 4 is 23.0 Å². The minimum Gasteiger partial charge on any atom is -0.273 e. The number of thiazole rings is 1. The fraction of sp³-hybridized carbons (Fsp3) is 0.615. The highest BCUT2D eigenvalue weighted by molar-refractivity contribution is 7.09. The number of hydrogen-bond acceptors (Lipinski definition) is 4. The molecular formula is C13H19N3OS. The lowest BCUT2D eigenvalue weighted by Crippen LogP contribution is -2.23. The van der Waals surface area contributed by atoms with E-state index in [-0.39, 0.29) is 5.91 Å². The second-order valence-corrected chi connectivity index (χ2v) is 6.01. The summed E-state index contributed by atoms with van der Waals surface area (Å²) in [6.07, 6.45) is 4.79. The van der Waals surface area contributed by atoms with Crippen LogP contribution in [0, 0.1) is 12.8 Å². The Morgan fingerprint density at radius 1 is 1.67 bits per heavy atom. The lowest BCUT2D eigenvalue weighted by Gasteiger charge is -2.18. The van der Waals surface area contributed by atoms with E-state index < -0.39 is 0 Å². The van der Waals surface area contributed by atoms with Gasteiger partial charge in [-0.15, -0.1) is 11.3 Å². The summed E-state index contributed by atoms with van der Waals surface area (Å²) < 4.78 is 0. The second-order valence-electron chi connectivity index (χ2n) is 4.95. The number of carbonyl (C=O) groups is 1. The maximum Gasteiger partial charge on any atom is 0.246 e. The SMILES string of the molecule is Cc1nc(CC(=O)N/N=C2\CCC[C@H](C)C2)cs1. The van der Waals surface area contributed by atoms with Crippen molar-refractivity contribution in [2.24, 2.45) is 11.0 Å². The third kappa shape index (κ3) is 3.91. The Morgan fingerprint density at radius 3 is 3.17 bits per heavy atom. The van der Waals surface area contributed by atoms with Gasteiger partial charge < -0.3 is 0 Å². The third-order valence-electron chi connectivity index (χ3n) is 3.09. The molecular weight excluding hydrogens is 246 g/mol. The minimum absolute atomic E-state index is 0.0778. The minimum atomic E-state index is -0.0778. The molecule has 0 saturated heterocycles. The van der Waals surface area contributed by atoms with E-state index in [0.717, 1.165) is 29.3 Å². The number of aromatic nitrogens is 1. The summed E-state index contributed by atoms with van der Waals surface area (Å²) in [7, 11) is 0. The van der Waals surface area contributed by atoms with Crippen LogP contribution in [-0.2, 0) is 11.2 Å². The zero-order chi connectivity index (χ0) is 13.0. The lowest BCUT2D eigenvalue weighted by atomic mass is 9.89. The standard InChI is InChI=1S/C13H19N3OS/c1-9-4-3-5-11(6-9)15-16-13(17)7-12-8-18-10(2)14-12/h8-9H,3-7H2,1-2H3,(H,16,17)/b15-11+/t9-/m0/s1. The molecule has 1 saturated carbocycles. The molecule has 1 atom stereocenters. The normalized spacial score (nSPS) is 22.1. The molecule has 0 spiro atoms. The van der Waals surface area contributed by atoms with Gasteiger partial charge in [-0.25, -0.2) is 10.4 Å². The Balaban J connectivity index is 1.82. The molecule has 2 rings (SSSR count). The van der Waals surface area contributed by atoms with Crippen molar-refractivity contribution in [2.45, 2.75) is 46.0 Å². The van der Waals surface area contributed by atoms with Crippen molar-refractivity contribution in [1.29, 1.82) is 0 Å². The number of rotatable bonds is 3. The number of amides is 1. The number of hydrogen-bond donors (Lipinski definition) is 1. The molecule has 1 N–H and O–H groups in total. The van der Waals surface area contributed by atoms with E-state index in [1.807, 2.05) is 12.3 Å². The fourth-order valence-corrected chi connectivity index (χ4v) is 2.81. The van der Waals surface area contributed by atoms with Crippen LogP contribution in [0.25, 0.3) is 0 Å². The van der Waals surface area contributed by atoms with E-state index in [1.54, 1.807) is 11.3 Å². The summed E-state index contributed by atoms with van der Waals surface area (Å²) in [5.74, 6) is 0.613. The molecule has 1 amide bonds. The zero-order valence-electron chi connectivity index (χ0n) is 10.9. The summed E-state index contributed by atoms with van der Waals surface area (Å²) in [4.78, 5) is 16.0. The lowest BCUT2D eigenvalue weighted by molar-refractivity contribution is -0.120. The van der Waals surface area contributed by atoms with Crippen molar-refractivity contribution in [3.05, 3.63) is 16.1 Å². The molecule has 98 valence electrons. The van der Waals surface area contributed by atoms with Crippen LogP contribution in [0.2, 0.25) is 0 Å². The van der Waals surface area contributed by atoms with E-state index >= 15 is 0 Å². The molecule has 18 heavy (non-hydrogen) atoms. The molecule has 1 aliphatic rings. The summed E-state index contributed by atoms with van der Waals surface area (Å²) in [6, 6.07) is 0. The predicted octanol–water partition coefficient (Wildman–Crippen LogP) is 2.68. The van der Waals surface area contributed by atoms with Gasteiger partial charge in [0, 0.05) is 11.1 Å². The molecule has 0 bridgehead atoms. The molecule has 0 aromatic carbocycles. The Morgan fingerprint density at radius 2 is 2.50 bits per heavy atom. The Kier molecular flexibility index (Phi) is 4.47. The Hall–Kier alpha value is -1.23. The van der Waals surface area contributed by atoms with Gasteiger partial charge in [-0.3, -0.25) is 4.79 Å². The van der Waals surface area contributed by atoms with Crippen molar-refractivity contribution in [3.63, 3.8) is 0 Å². The summed E-state index contributed by atoms with van der Waals surface area (Å²) in [5.41, 5.74) is 4.59. The second kappa shape index (κ2) is 6.09. The molecule has 1 fully saturated rings. The van der Waals surface area contributed by atoms with Gasteiger partial charge in [-0.2, -0.15) is 5.10 Å². The number of hydrazone groups is 1. The molecule has 1 heterocycles. The third-order valence-corrected chi connectivity index (χ3v) is 3.92. The predicted molar refractivity (Wildman–Crippen MR) is 73.8 cm³/mol. The molecule has 4 nitrogen and oxygen atoms in total. The number of nitrogens with zero attached hydrogens (tertiary/aromatic N) is 2. The fourth-order valence-electron chi connectivity index (χ4n) is 2.20. The largest absolute Gasteiger partial charge is 0.273 e. The maximum atomic E-state index is 11.7. The van der Waals surface area contributed by atoms with Crippen LogP contribution in [0.15, 0.2) is 10.5 Å².